The van der Waals surface area contributed by atoms with Crippen molar-refractivity contribution in [2.45, 2.75) is 19.4 Å². The Morgan fingerprint density at radius 3 is 2.45 bits per heavy atom. The van der Waals surface area contributed by atoms with E-state index in [0.717, 1.165) is 5.56 Å². The molecule has 2 N–H and O–H groups in total. The van der Waals surface area contributed by atoms with Crippen LogP contribution in [0.4, 0.5) is 0 Å². The highest BCUT2D eigenvalue weighted by Gasteiger charge is 2.12. The smallest absolute Gasteiger partial charge is 0.254 e. The van der Waals surface area contributed by atoms with E-state index in [-0.39, 0.29) is 18.6 Å². The summed E-state index contributed by atoms with van der Waals surface area (Å²) in [5.74, 6) is 0.307. The van der Waals surface area contributed by atoms with Gasteiger partial charge in [0.25, 0.3) is 5.91 Å². The van der Waals surface area contributed by atoms with Gasteiger partial charge in [-0.3, -0.25) is 4.79 Å². The molecule has 5 heteroatoms. The molecule has 20 heavy (non-hydrogen) atoms. The summed E-state index contributed by atoms with van der Waals surface area (Å²) in [7, 11) is 0. The van der Waals surface area contributed by atoms with E-state index in [1.807, 2.05) is 37.3 Å². The average molecular weight is 271 g/mol. The number of aliphatic hydroxyl groups excluding tert-OH is 1. The van der Waals surface area contributed by atoms with Crippen molar-refractivity contribution in [2.75, 3.05) is 6.61 Å². The van der Waals surface area contributed by atoms with Crippen molar-refractivity contribution < 1.29 is 9.90 Å². The zero-order valence-electron chi connectivity index (χ0n) is 11.3. The van der Waals surface area contributed by atoms with Crippen molar-refractivity contribution in [1.29, 1.82) is 0 Å². The highest BCUT2D eigenvalue weighted by molar-refractivity contribution is 5.93. The van der Waals surface area contributed by atoms with E-state index in [1.165, 1.54) is 12.4 Å². The maximum Gasteiger partial charge on any atom is 0.254 e. The highest BCUT2D eigenvalue weighted by Crippen LogP contribution is 2.13. The van der Waals surface area contributed by atoms with Crippen LogP contribution in [0.15, 0.2) is 42.7 Å². The molecule has 1 aromatic heterocycles. The average Bonchev–Trinajstić information content (AvgIpc) is 2.53. The Balaban J connectivity index is 2.10. The Labute approximate surface area is 117 Å². The van der Waals surface area contributed by atoms with Gasteiger partial charge in [-0.15, -0.1) is 0 Å². The molecule has 0 fully saturated rings. The monoisotopic (exact) mass is 271 g/mol. The highest BCUT2D eigenvalue weighted by atomic mass is 16.3. The molecule has 5 nitrogen and oxygen atoms in total. The molecule has 2 rings (SSSR count). The number of nitrogens with zero attached hydrogens (tertiary/aromatic N) is 2. The first-order valence-electron chi connectivity index (χ1n) is 6.53. The molecule has 104 valence electrons. The van der Waals surface area contributed by atoms with E-state index in [1.54, 1.807) is 0 Å². The molecular formula is C15H17N3O2. The molecule has 1 aromatic carbocycles. The predicted octanol–water partition coefficient (Wildman–Crippen LogP) is 1.64. The second kappa shape index (κ2) is 6.77. The minimum absolute atomic E-state index is 0.0782. The molecular weight excluding hydrogens is 254 g/mol. The molecule has 0 spiro atoms. The molecule has 1 atom stereocenters. The van der Waals surface area contributed by atoms with Crippen LogP contribution in [0.25, 0.3) is 11.4 Å². The number of hydrogen-bond donors (Lipinski definition) is 2. The topological polar surface area (TPSA) is 75.1 Å². The van der Waals surface area contributed by atoms with Crippen LogP contribution in [0, 0.1) is 0 Å². The van der Waals surface area contributed by atoms with Crippen LogP contribution in [0.5, 0.6) is 0 Å². The number of aromatic nitrogens is 2. The largest absolute Gasteiger partial charge is 0.394 e. The van der Waals surface area contributed by atoms with Crippen LogP contribution in [-0.2, 0) is 0 Å². The Kier molecular flexibility index (Phi) is 4.79. The standard InChI is InChI=1S/C15H17N3O2/c1-2-13(10-19)18-15(20)12-8-16-14(17-9-12)11-6-4-3-5-7-11/h3-9,13,19H,2,10H2,1H3,(H,18,20). The van der Waals surface area contributed by atoms with Crippen LogP contribution in [0.1, 0.15) is 23.7 Å². The van der Waals surface area contributed by atoms with Crippen LogP contribution < -0.4 is 5.32 Å². The first-order chi connectivity index (χ1) is 9.74. The van der Waals surface area contributed by atoms with E-state index in [4.69, 9.17) is 5.11 Å². The number of aliphatic hydroxyl groups is 1. The molecule has 0 aliphatic carbocycles. The van der Waals surface area contributed by atoms with Gasteiger partial charge in [-0.1, -0.05) is 37.3 Å². The lowest BCUT2D eigenvalue weighted by Crippen LogP contribution is -2.37. The van der Waals surface area contributed by atoms with Crippen LogP contribution in [0.2, 0.25) is 0 Å². The summed E-state index contributed by atoms with van der Waals surface area (Å²) in [6.45, 7) is 1.82. The number of benzene rings is 1. The third kappa shape index (κ3) is 3.39. The molecule has 0 aliphatic heterocycles. The number of amides is 1. The predicted molar refractivity (Wildman–Crippen MR) is 76.1 cm³/mol. The molecule has 0 saturated heterocycles. The van der Waals surface area contributed by atoms with Gasteiger partial charge in [0.2, 0.25) is 0 Å². The van der Waals surface area contributed by atoms with Gasteiger partial charge in [0, 0.05) is 18.0 Å². The molecule has 0 bridgehead atoms. The first kappa shape index (κ1) is 14.1. The minimum Gasteiger partial charge on any atom is -0.394 e. The van der Waals surface area contributed by atoms with Gasteiger partial charge in [0.1, 0.15) is 0 Å². The quantitative estimate of drug-likeness (QED) is 0.867. The normalized spacial score (nSPS) is 11.9. The van der Waals surface area contributed by atoms with Gasteiger partial charge in [-0.2, -0.15) is 0 Å². The lowest BCUT2D eigenvalue weighted by molar-refractivity contribution is 0.0914. The Morgan fingerprint density at radius 1 is 1.25 bits per heavy atom. The van der Waals surface area contributed by atoms with Crippen molar-refractivity contribution >= 4 is 5.91 Å². The van der Waals surface area contributed by atoms with Crippen molar-refractivity contribution in [3.63, 3.8) is 0 Å². The summed E-state index contributed by atoms with van der Waals surface area (Å²) in [5.41, 5.74) is 1.29. The van der Waals surface area contributed by atoms with E-state index in [9.17, 15) is 4.79 Å². The summed E-state index contributed by atoms with van der Waals surface area (Å²) < 4.78 is 0. The fourth-order valence-electron chi connectivity index (χ4n) is 1.73. The third-order valence-corrected chi connectivity index (χ3v) is 2.99. The van der Waals surface area contributed by atoms with Crippen molar-refractivity contribution in [1.82, 2.24) is 15.3 Å². The van der Waals surface area contributed by atoms with Gasteiger partial charge in [-0.25, -0.2) is 9.97 Å². The van der Waals surface area contributed by atoms with Crippen LogP contribution in [0.3, 0.4) is 0 Å². The molecule has 0 radical (unpaired) electrons. The van der Waals surface area contributed by atoms with Gasteiger partial charge >= 0.3 is 0 Å². The van der Waals surface area contributed by atoms with E-state index in [0.29, 0.717) is 17.8 Å². The maximum atomic E-state index is 11.9. The van der Waals surface area contributed by atoms with E-state index in [2.05, 4.69) is 15.3 Å². The van der Waals surface area contributed by atoms with Crippen molar-refractivity contribution in [3.05, 3.63) is 48.3 Å². The van der Waals surface area contributed by atoms with Crippen molar-refractivity contribution in [3.8, 4) is 11.4 Å². The zero-order chi connectivity index (χ0) is 14.4. The molecule has 1 amide bonds. The number of nitrogens with one attached hydrogen (secondary N) is 1. The van der Waals surface area contributed by atoms with Gasteiger partial charge in [0.15, 0.2) is 5.82 Å². The lowest BCUT2D eigenvalue weighted by atomic mass is 10.2. The SMILES string of the molecule is CCC(CO)NC(=O)c1cnc(-c2ccccc2)nc1. The van der Waals surface area contributed by atoms with E-state index >= 15 is 0 Å². The molecule has 0 saturated carbocycles. The molecule has 2 aromatic rings. The van der Waals surface area contributed by atoms with Gasteiger partial charge < -0.3 is 10.4 Å². The Bertz CT molecular complexity index is 551. The summed E-state index contributed by atoms with van der Waals surface area (Å²) >= 11 is 0. The molecule has 1 heterocycles. The van der Waals surface area contributed by atoms with Gasteiger partial charge in [0.05, 0.1) is 18.2 Å². The summed E-state index contributed by atoms with van der Waals surface area (Å²) in [6.07, 6.45) is 3.66. The number of carbonyl (C=O) groups is 1. The maximum absolute atomic E-state index is 11.9. The fourth-order valence-corrected chi connectivity index (χ4v) is 1.73. The zero-order valence-corrected chi connectivity index (χ0v) is 11.3. The van der Waals surface area contributed by atoms with Crippen LogP contribution >= 0.6 is 0 Å². The second-order valence-corrected chi connectivity index (χ2v) is 4.42. The fraction of sp³-hybridized carbons (Fsp3) is 0.267. The number of hydrogen-bond acceptors (Lipinski definition) is 4. The second-order valence-electron chi connectivity index (χ2n) is 4.42. The summed E-state index contributed by atoms with van der Waals surface area (Å²) in [4.78, 5) is 20.3. The Morgan fingerprint density at radius 2 is 1.90 bits per heavy atom. The lowest BCUT2D eigenvalue weighted by Gasteiger charge is -2.13. The molecule has 1 unspecified atom stereocenters. The first-order valence-corrected chi connectivity index (χ1v) is 6.53. The van der Waals surface area contributed by atoms with Gasteiger partial charge in [-0.05, 0) is 6.42 Å². The van der Waals surface area contributed by atoms with Crippen molar-refractivity contribution in [2.24, 2.45) is 0 Å². The summed E-state index contributed by atoms with van der Waals surface area (Å²) in [5, 5.41) is 11.8. The molecule has 0 aliphatic rings. The third-order valence-electron chi connectivity index (χ3n) is 2.99. The number of rotatable bonds is 5. The summed E-state index contributed by atoms with van der Waals surface area (Å²) in [6, 6.07) is 9.32. The number of carbonyl (C=O) groups excluding carboxylic acids is 1. The van der Waals surface area contributed by atoms with E-state index < -0.39 is 0 Å². The van der Waals surface area contributed by atoms with Crippen LogP contribution in [-0.4, -0.2) is 33.6 Å². The Hall–Kier alpha value is -2.27. The minimum atomic E-state index is -0.273.